The van der Waals surface area contributed by atoms with Gasteiger partial charge in [-0.1, -0.05) is 23.7 Å². The van der Waals surface area contributed by atoms with Gasteiger partial charge in [0.1, 0.15) is 0 Å². The molecule has 0 saturated carbocycles. The van der Waals surface area contributed by atoms with Crippen LogP contribution in [0.2, 0.25) is 5.02 Å². The second-order valence-electron chi connectivity index (χ2n) is 4.24. The van der Waals surface area contributed by atoms with E-state index < -0.39 is 6.10 Å². The van der Waals surface area contributed by atoms with Gasteiger partial charge in [0.05, 0.1) is 6.10 Å². The van der Waals surface area contributed by atoms with Gasteiger partial charge in [0.2, 0.25) is 0 Å². The lowest BCUT2D eigenvalue weighted by atomic mass is 10.0. The molecule has 2 rings (SSSR count). The van der Waals surface area contributed by atoms with E-state index in [-0.39, 0.29) is 0 Å². The van der Waals surface area contributed by atoms with Crippen LogP contribution in [-0.4, -0.2) is 10.1 Å². The molecule has 0 aliphatic rings. The van der Waals surface area contributed by atoms with E-state index in [0.29, 0.717) is 11.4 Å². The third-order valence-corrected chi connectivity index (χ3v) is 3.61. The molecule has 0 spiro atoms. The predicted octanol–water partition coefficient (Wildman–Crippen LogP) is 4.08. The Morgan fingerprint density at radius 3 is 2.78 bits per heavy atom. The van der Waals surface area contributed by atoms with Crippen molar-refractivity contribution >= 4 is 27.5 Å². The minimum Gasteiger partial charge on any atom is -0.388 e. The number of pyridine rings is 1. The largest absolute Gasteiger partial charge is 0.388 e. The molecule has 2 nitrogen and oxygen atoms in total. The molecule has 94 valence electrons. The zero-order chi connectivity index (χ0) is 13.1. The first-order chi connectivity index (χ1) is 8.56. The van der Waals surface area contributed by atoms with Crippen molar-refractivity contribution in [3.8, 4) is 0 Å². The van der Waals surface area contributed by atoms with Crippen LogP contribution in [0.3, 0.4) is 0 Å². The molecule has 1 heterocycles. The van der Waals surface area contributed by atoms with E-state index in [1.807, 2.05) is 31.2 Å². The summed E-state index contributed by atoms with van der Waals surface area (Å²) in [4.78, 5) is 4.08. The monoisotopic (exact) mass is 325 g/mol. The first-order valence-corrected chi connectivity index (χ1v) is 6.77. The van der Waals surface area contributed by atoms with E-state index in [2.05, 4.69) is 20.9 Å². The van der Waals surface area contributed by atoms with E-state index in [1.165, 1.54) is 0 Å². The predicted molar refractivity (Wildman–Crippen MR) is 76.8 cm³/mol. The van der Waals surface area contributed by atoms with Gasteiger partial charge in [-0.15, -0.1) is 0 Å². The van der Waals surface area contributed by atoms with E-state index >= 15 is 0 Å². The van der Waals surface area contributed by atoms with Crippen LogP contribution in [0.1, 0.15) is 22.8 Å². The zero-order valence-electron chi connectivity index (χ0n) is 9.90. The Labute approximate surface area is 120 Å². The fourth-order valence-electron chi connectivity index (χ4n) is 1.72. The smallest absolute Gasteiger partial charge is 0.0831 e. The van der Waals surface area contributed by atoms with Crippen LogP contribution in [-0.2, 0) is 6.42 Å². The molecule has 1 unspecified atom stereocenters. The maximum absolute atomic E-state index is 10.2. The normalized spacial score (nSPS) is 12.4. The van der Waals surface area contributed by atoms with Crippen molar-refractivity contribution in [1.82, 2.24) is 4.98 Å². The summed E-state index contributed by atoms with van der Waals surface area (Å²) in [5, 5.41) is 10.9. The lowest BCUT2D eigenvalue weighted by Crippen LogP contribution is -2.02. The van der Waals surface area contributed by atoms with Crippen LogP contribution in [0, 0.1) is 6.92 Å². The molecule has 0 aliphatic heterocycles. The highest BCUT2D eigenvalue weighted by Gasteiger charge is 2.10. The average molecular weight is 327 g/mol. The van der Waals surface area contributed by atoms with Crippen LogP contribution < -0.4 is 0 Å². The zero-order valence-corrected chi connectivity index (χ0v) is 12.2. The Bertz CT molecular complexity index is 559. The lowest BCUT2D eigenvalue weighted by Gasteiger charge is -2.12. The molecule has 1 aromatic heterocycles. The van der Waals surface area contributed by atoms with Crippen LogP contribution in [0.5, 0.6) is 0 Å². The van der Waals surface area contributed by atoms with Crippen LogP contribution >= 0.6 is 27.5 Å². The molecular formula is C14H13BrClNO. The van der Waals surface area contributed by atoms with Crippen LogP contribution in [0.25, 0.3) is 0 Å². The Morgan fingerprint density at radius 1 is 1.33 bits per heavy atom. The first kappa shape index (κ1) is 13.5. The molecule has 1 N–H and O–H groups in total. The Balaban J connectivity index is 2.16. The van der Waals surface area contributed by atoms with Gasteiger partial charge in [0.15, 0.2) is 0 Å². The summed E-state index contributed by atoms with van der Waals surface area (Å²) in [6, 6.07) is 7.58. The van der Waals surface area contributed by atoms with Gasteiger partial charge in [0.25, 0.3) is 0 Å². The van der Waals surface area contributed by atoms with Crippen molar-refractivity contribution in [3.05, 3.63) is 62.8 Å². The number of benzene rings is 1. The molecular weight excluding hydrogens is 314 g/mol. The summed E-state index contributed by atoms with van der Waals surface area (Å²) >= 11 is 9.42. The summed E-state index contributed by atoms with van der Waals surface area (Å²) in [6.45, 7) is 1.94. The van der Waals surface area contributed by atoms with Crippen molar-refractivity contribution in [2.75, 3.05) is 0 Å². The summed E-state index contributed by atoms with van der Waals surface area (Å²) < 4.78 is 0.911. The summed E-state index contributed by atoms with van der Waals surface area (Å²) in [6.07, 6.45) is 3.42. The van der Waals surface area contributed by atoms with Gasteiger partial charge < -0.3 is 5.11 Å². The van der Waals surface area contributed by atoms with Gasteiger partial charge in [-0.05, 0) is 51.7 Å². The lowest BCUT2D eigenvalue weighted by molar-refractivity contribution is 0.178. The molecule has 1 aromatic carbocycles. The summed E-state index contributed by atoms with van der Waals surface area (Å²) in [7, 11) is 0. The maximum Gasteiger partial charge on any atom is 0.0831 e. The first-order valence-electron chi connectivity index (χ1n) is 5.60. The average Bonchev–Trinajstić information content (AvgIpc) is 2.32. The van der Waals surface area contributed by atoms with E-state index in [4.69, 9.17) is 11.6 Å². The summed E-state index contributed by atoms with van der Waals surface area (Å²) in [5.41, 5.74) is 2.82. The highest BCUT2D eigenvalue weighted by Crippen LogP contribution is 2.24. The second kappa shape index (κ2) is 5.83. The molecule has 0 bridgehead atoms. The molecule has 18 heavy (non-hydrogen) atoms. The highest BCUT2D eigenvalue weighted by molar-refractivity contribution is 9.10. The third-order valence-electron chi connectivity index (χ3n) is 2.77. The number of hydrogen-bond donors (Lipinski definition) is 1. The Hall–Kier alpha value is -0.900. The topological polar surface area (TPSA) is 33.1 Å². The molecule has 0 fully saturated rings. The summed E-state index contributed by atoms with van der Waals surface area (Å²) in [5.74, 6) is 0. The molecule has 0 saturated heterocycles. The number of aliphatic hydroxyl groups is 1. The third kappa shape index (κ3) is 3.31. The second-order valence-corrected chi connectivity index (χ2v) is 5.56. The Kier molecular flexibility index (Phi) is 4.38. The number of nitrogens with zero attached hydrogens (tertiary/aromatic N) is 1. The van der Waals surface area contributed by atoms with Crippen molar-refractivity contribution in [2.45, 2.75) is 19.4 Å². The molecule has 2 aromatic rings. The van der Waals surface area contributed by atoms with E-state index in [0.717, 1.165) is 21.2 Å². The Morgan fingerprint density at radius 2 is 2.11 bits per heavy atom. The van der Waals surface area contributed by atoms with Crippen molar-refractivity contribution in [2.24, 2.45) is 0 Å². The number of aryl methyl sites for hydroxylation is 1. The fraction of sp³-hybridized carbons (Fsp3) is 0.214. The molecule has 0 radical (unpaired) electrons. The minimum atomic E-state index is -0.570. The number of hydrogen-bond acceptors (Lipinski definition) is 2. The highest BCUT2D eigenvalue weighted by atomic mass is 79.9. The van der Waals surface area contributed by atoms with Crippen LogP contribution in [0.4, 0.5) is 0 Å². The quantitative estimate of drug-likeness (QED) is 0.922. The molecule has 0 amide bonds. The van der Waals surface area contributed by atoms with Gasteiger partial charge in [-0.2, -0.15) is 0 Å². The standard InChI is InChI=1S/C14H13BrClNO/c1-9-2-3-11(6-13(9)16)14(18)5-10-4-12(15)8-17-7-10/h2-4,6-8,14,18H,5H2,1H3. The maximum atomic E-state index is 10.2. The van der Waals surface area contributed by atoms with E-state index in [1.54, 1.807) is 12.4 Å². The fourth-order valence-corrected chi connectivity index (χ4v) is 2.33. The number of aliphatic hydroxyl groups excluding tert-OH is 1. The molecule has 1 atom stereocenters. The van der Waals surface area contributed by atoms with Crippen molar-refractivity contribution < 1.29 is 5.11 Å². The van der Waals surface area contributed by atoms with Crippen LogP contribution in [0.15, 0.2) is 41.1 Å². The number of aromatic nitrogens is 1. The van der Waals surface area contributed by atoms with Gasteiger partial charge in [0, 0.05) is 28.3 Å². The van der Waals surface area contributed by atoms with Gasteiger partial charge in [-0.3, -0.25) is 4.98 Å². The SMILES string of the molecule is Cc1ccc(C(O)Cc2cncc(Br)c2)cc1Cl. The number of rotatable bonds is 3. The van der Waals surface area contributed by atoms with Crippen molar-refractivity contribution in [3.63, 3.8) is 0 Å². The minimum absolute atomic E-state index is 0.520. The van der Waals surface area contributed by atoms with E-state index in [9.17, 15) is 5.11 Å². The molecule has 0 aliphatic carbocycles. The number of halogens is 2. The van der Waals surface area contributed by atoms with Gasteiger partial charge >= 0.3 is 0 Å². The van der Waals surface area contributed by atoms with Crippen molar-refractivity contribution in [1.29, 1.82) is 0 Å². The van der Waals surface area contributed by atoms with Gasteiger partial charge in [-0.25, -0.2) is 0 Å². The molecule has 4 heteroatoms.